The van der Waals surface area contributed by atoms with Gasteiger partial charge in [-0.05, 0) is 17.9 Å². The molecule has 1 amide bonds. The maximum Gasteiger partial charge on any atom is 0.460 e. The molecule has 0 bridgehead atoms. The standard InChI is InChI=1S/C18H15F9N2OS/c1-9(2)7-10-3-5-11(6-4-10)12-8-31-14(28-12)29-13(30)15(19,20)16(21,22)17(23,24)18(25,26)27/h3-6,8-9H,7H2,1-2H3,(H,28,29,30). The van der Waals surface area contributed by atoms with Crippen LogP contribution in [-0.4, -0.2) is 34.8 Å². The molecule has 3 nitrogen and oxygen atoms in total. The Labute approximate surface area is 174 Å². The van der Waals surface area contributed by atoms with E-state index in [0.29, 0.717) is 22.8 Å². The molecule has 0 saturated carbocycles. The molecule has 2 aromatic rings. The predicted octanol–water partition coefficient (Wildman–Crippen LogP) is 6.42. The van der Waals surface area contributed by atoms with Crippen molar-refractivity contribution in [1.29, 1.82) is 0 Å². The molecule has 1 N–H and O–H groups in total. The van der Waals surface area contributed by atoms with Gasteiger partial charge in [0.1, 0.15) is 0 Å². The first-order valence-corrected chi connectivity index (χ1v) is 9.45. The number of nitrogens with one attached hydrogen (secondary N) is 1. The maximum absolute atomic E-state index is 13.6. The lowest BCUT2D eigenvalue weighted by Gasteiger charge is -2.32. The van der Waals surface area contributed by atoms with E-state index in [1.807, 2.05) is 13.8 Å². The first-order chi connectivity index (χ1) is 14.0. The number of halogens is 9. The summed E-state index contributed by atoms with van der Waals surface area (Å²) in [6.07, 6.45) is -6.22. The van der Waals surface area contributed by atoms with Gasteiger partial charge >= 0.3 is 29.9 Å². The van der Waals surface area contributed by atoms with E-state index in [2.05, 4.69) is 4.98 Å². The number of nitrogens with zero attached hydrogens (tertiary/aromatic N) is 1. The van der Waals surface area contributed by atoms with Gasteiger partial charge in [-0.2, -0.15) is 39.5 Å². The molecule has 1 aromatic carbocycles. The minimum absolute atomic E-state index is 0.145. The van der Waals surface area contributed by atoms with E-state index >= 15 is 0 Å². The normalized spacial score (nSPS) is 13.5. The topological polar surface area (TPSA) is 42.0 Å². The lowest BCUT2D eigenvalue weighted by molar-refractivity contribution is -0.388. The highest BCUT2D eigenvalue weighted by Crippen LogP contribution is 2.53. The van der Waals surface area contributed by atoms with E-state index in [0.717, 1.165) is 12.0 Å². The smallest absolute Gasteiger partial charge is 0.296 e. The van der Waals surface area contributed by atoms with E-state index in [-0.39, 0.29) is 5.69 Å². The van der Waals surface area contributed by atoms with Crippen LogP contribution in [0.4, 0.5) is 44.6 Å². The third-order valence-electron chi connectivity index (χ3n) is 4.05. The molecule has 1 heterocycles. The van der Waals surface area contributed by atoms with Crippen LogP contribution in [-0.2, 0) is 11.2 Å². The van der Waals surface area contributed by atoms with E-state index in [9.17, 15) is 44.3 Å². The number of hydrogen-bond donors (Lipinski definition) is 1. The fourth-order valence-corrected chi connectivity index (χ4v) is 3.15. The van der Waals surface area contributed by atoms with Gasteiger partial charge < -0.3 is 0 Å². The van der Waals surface area contributed by atoms with Crippen molar-refractivity contribution in [3.05, 3.63) is 35.2 Å². The number of amides is 1. The second kappa shape index (κ2) is 8.32. The van der Waals surface area contributed by atoms with Crippen molar-refractivity contribution in [3.63, 3.8) is 0 Å². The predicted molar refractivity (Wildman–Crippen MR) is 95.6 cm³/mol. The largest absolute Gasteiger partial charge is 0.460 e. The minimum Gasteiger partial charge on any atom is -0.296 e. The maximum atomic E-state index is 13.6. The fourth-order valence-electron chi connectivity index (χ4n) is 2.44. The second-order valence-corrected chi connectivity index (χ2v) is 7.87. The summed E-state index contributed by atoms with van der Waals surface area (Å²) in [6.45, 7) is 4.01. The Morgan fingerprint density at radius 1 is 0.968 bits per heavy atom. The van der Waals surface area contributed by atoms with Gasteiger partial charge in [-0.3, -0.25) is 10.1 Å². The molecule has 0 radical (unpaired) electrons. The summed E-state index contributed by atoms with van der Waals surface area (Å²) in [4.78, 5) is 15.2. The number of carbonyl (C=O) groups excluding carboxylic acids is 1. The zero-order valence-corrected chi connectivity index (χ0v) is 16.7. The van der Waals surface area contributed by atoms with Gasteiger partial charge in [-0.1, -0.05) is 38.1 Å². The molecule has 0 aliphatic carbocycles. The molecule has 0 spiro atoms. The fraction of sp³-hybridized carbons (Fsp3) is 0.444. The zero-order valence-electron chi connectivity index (χ0n) is 15.8. The Hall–Kier alpha value is -2.31. The molecule has 2 rings (SSSR count). The average Bonchev–Trinajstić information content (AvgIpc) is 3.09. The van der Waals surface area contributed by atoms with Crippen LogP contribution >= 0.6 is 11.3 Å². The Kier molecular flexibility index (Phi) is 6.70. The van der Waals surface area contributed by atoms with Gasteiger partial charge in [0.05, 0.1) is 5.69 Å². The van der Waals surface area contributed by atoms with Gasteiger partial charge in [0.2, 0.25) is 0 Å². The Bertz CT molecular complexity index is 921. The first kappa shape index (κ1) is 25.0. The lowest BCUT2D eigenvalue weighted by Crippen LogP contribution is -2.64. The molecular weight excluding hydrogens is 463 g/mol. The van der Waals surface area contributed by atoms with Crippen LogP contribution in [0.2, 0.25) is 0 Å². The summed E-state index contributed by atoms with van der Waals surface area (Å²) in [5.74, 6) is -23.2. The number of hydrogen-bond acceptors (Lipinski definition) is 3. The number of thiazole rings is 1. The molecular formula is C18H15F9N2OS. The molecule has 0 atom stereocenters. The van der Waals surface area contributed by atoms with Crippen molar-refractivity contribution in [1.82, 2.24) is 4.98 Å². The Balaban J connectivity index is 2.20. The van der Waals surface area contributed by atoms with Crippen molar-refractivity contribution < 1.29 is 44.3 Å². The summed E-state index contributed by atoms with van der Waals surface area (Å²) in [6, 6.07) is 6.79. The highest BCUT2D eigenvalue weighted by atomic mass is 32.1. The SMILES string of the molecule is CC(C)Cc1ccc(-c2csc(NC(=O)C(F)(F)C(F)(F)C(F)(F)C(F)(F)F)n2)cc1. The Morgan fingerprint density at radius 2 is 1.52 bits per heavy atom. The van der Waals surface area contributed by atoms with Crippen LogP contribution in [0, 0.1) is 5.92 Å². The molecule has 1 aromatic heterocycles. The summed E-state index contributed by atoms with van der Waals surface area (Å²) < 4.78 is 116. The van der Waals surface area contributed by atoms with E-state index < -0.39 is 35.0 Å². The Morgan fingerprint density at radius 3 is 2.00 bits per heavy atom. The molecule has 0 fully saturated rings. The van der Waals surface area contributed by atoms with E-state index in [1.54, 1.807) is 24.3 Å². The van der Waals surface area contributed by atoms with Crippen LogP contribution in [0.1, 0.15) is 19.4 Å². The number of alkyl halides is 9. The number of benzene rings is 1. The van der Waals surface area contributed by atoms with E-state index in [4.69, 9.17) is 0 Å². The third-order valence-corrected chi connectivity index (χ3v) is 4.81. The van der Waals surface area contributed by atoms with Crippen LogP contribution in [0.25, 0.3) is 11.3 Å². The average molecular weight is 478 g/mol. The lowest BCUT2D eigenvalue weighted by atomic mass is 10.0. The molecule has 13 heteroatoms. The molecule has 172 valence electrons. The van der Waals surface area contributed by atoms with Gasteiger partial charge in [0.15, 0.2) is 5.13 Å². The second-order valence-electron chi connectivity index (χ2n) is 7.01. The third kappa shape index (κ3) is 4.80. The van der Waals surface area contributed by atoms with Crippen LogP contribution in [0.3, 0.4) is 0 Å². The quantitative estimate of drug-likeness (QED) is 0.467. The summed E-state index contributed by atoms with van der Waals surface area (Å²) in [5, 5.41) is 1.75. The monoisotopic (exact) mass is 478 g/mol. The molecule has 0 saturated heterocycles. The van der Waals surface area contributed by atoms with Gasteiger partial charge in [0, 0.05) is 10.9 Å². The number of anilines is 1. The molecule has 0 aliphatic rings. The first-order valence-electron chi connectivity index (χ1n) is 8.57. The number of aromatic nitrogens is 1. The molecule has 0 aliphatic heterocycles. The van der Waals surface area contributed by atoms with Gasteiger partial charge in [0.25, 0.3) is 0 Å². The van der Waals surface area contributed by atoms with Crippen molar-refractivity contribution in [2.75, 3.05) is 5.32 Å². The summed E-state index contributed by atoms with van der Waals surface area (Å²) in [7, 11) is 0. The van der Waals surface area contributed by atoms with Crippen LogP contribution < -0.4 is 5.32 Å². The molecule has 0 unspecified atom stereocenters. The van der Waals surface area contributed by atoms with Crippen molar-refractivity contribution in [2.45, 2.75) is 44.2 Å². The minimum atomic E-state index is -7.15. The number of carbonyl (C=O) groups is 1. The van der Waals surface area contributed by atoms with Gasteiger partial charge in [-0.25, -0.2) is 4.98 Å². The van der Waals surface area contributed by atoms with Crippen molar-refractivity contribution >= 4 is 22.4 Å². The molecule has 31 heavy (non-hydrogen) atoms. The summed E-state index contributed by atoms with van der Waals surface area (Å²) >= 11 is 0.496. The summed E-state index contributed by atoms with van der Waals surface area (Å²) in [5.41, 5.74) is 1.62. The highest BCUT2D eigenvalue weighted by molar-refractivity contribution is 7.14. The van der Waals surface area contributed by atoms with Crippen molar-refractivity contribution in [2.24, 2.45) is 5.92 Å². The van der Waals surface area contributed by atoms with Gasteiger partial charge in [-0.15, -0.1) is 11.3 Å². The van der Waals surface area contributed by atoms with Crippen LogP contribution in [0.5, 0.6) is 0 Å². The van der Waals surface area contributed by atoms with Crippen LogP contribution in [0.15, 0.2) is 29.6 Å². The van der Waals surface area contributed by atoms with E-state index in [1.165, 1.54) is 10.7 Å². The zero-order chi connectivity index (χ0) is 23.8. The van der Waals surface area contributed by atoms with Crippen molar-refractivity contribution in [3.8, 4) is 11.3 Å². The number of rotatable bonds is 7. The highest BCUT2D eigenvalue weighted by Gasteiger charge is 2.83.